The minimum atomic E-state index is 0.106. The molecule has 21 heavy (non-hydrogen) atoms. The highest BCUT2D eigenvalue weighted by Crippen LogP contribution is 2.37. The molecule has 1 aromatic carbocycles. The van der Waals surface area contributed by atoms with E-state index in [1.807, 2.05) is 18.2 Å². The van der Waals surface area contributed by atoms with E-state index in [1.54, 1.807) is 7.11 Å². The largest absolute Gasteiger partial charge is 0.496 e. The number of hydrogen-bond donors (Lipinski definition) is 1. The van der Waals surface area contributed by atoms with E-state index in [0.29, 0.717) is 4.34 Å². The molecular weight excluding hydrogens is 393 g/mol. The first-order chi connectivity index (χ1) is 10.0. The van der Waals surface area contributed by atoms with Crippen molar-refractivity contribution in [2.45, 2.75) is 19.4 Å². The van der Waals surface area contributed by atoms with Crippen LogP contribution in [0.1, 0.15) is 24.1 Å². The van der Waals surface area contributed by atoms with Gasteiger partial charge in [-0.3, -0.25) is 0 Å². The van der Waals surface area contributed by atoms with Gasteiger partial charge in [0.15, 0.2) is 0 Å². The molecular formula is C15H16BrCl2NOS. The number of nitrogens with one attached hydrogen (secondary N) is 1. The van der Waals surface area contributed by atoms with Gasteiger partial charge in [-0.25, -0.2) is 0 Å². The molecule has 1 N–H and O–H groups in total. The molecule has 1 unspecified atom stereocenters. The maximum absolute atomic E-state index is 6.30. The zero-order chi connectivity index (χ0) is 15.4. The van der Waals surface area contributed by atoms with Gasteiger partial charge in [-0.15, -0.1) is 11.3 Å². The molecule has 1 atom stereocenters. The average Bonchev–Trinajstić information content (AvgIpc) is 2.77. The second-order valence-electron chi connectivity index (χ2n) is 4.55. The molecule has 2 aromatic rings. The minimum absolute atomic E-state index is 0.106. The Kier molecular flexibility index (Phi) is 6.38. The quantitative estimate of drug-likeness (QED) is 0.659. The Morgan fingerprint density at radius 1 is 1.33 bits per heavy atom. The van der Waals surface area contributed by atoms with E-state index in [0.717, 1.165) is 38.7 Å². The molecule has 0 saturated carbocycles. The Bertz CT molecular complexity index is 618. The molecule has 0 spiro atoms. The Morgan fingerprint density at radius 3 is 2.67 bits per heavy atom. The second-order valence-corrected chi connectivity index (χ2v) is 7.75. The van der Waals surface area contributed by atoms with Gasteiger partial charge >= 0.3 is 0 Å². The third kappa shape index (κ3) is 4.36. The number of methoxy groups -OCH3 is 1. The Balaban J connectivity index is 2.32. The smallest absolute Gasteiger partial charge is 0.122 e. The summed E-state index contributed by atoms with van der Waals surface area (Å²) in [6, 6.07) is 8.05. The van der Waals surface area contributed by atoms with Crippen molar-refractivity contribution in [2.24, 2.45) is 0 Å². The fourth-order valence-electron chi connectivity index (χ4n) is 2.26. The van der Waals surface area contributed by atoms with E-state index in [9.17, 15) is 0 Å². The molecule has 0 bridgehead atoms. The van der Waals surface area contributed by atoms with Gasteiger partial charge in [-0.2, -0.15) is 0 Å². The van der Waals surface area contributed by atoms with Crippen molar-refractivity contribution >= 4 is 50.5 Å². The average molecular weight is 409 g/mol. The summed E-state index contributed by atoms with van der Waals surface area (Å²) < 4.78 is 7.92. The van der Waals surface area contributed by atoms with E-state index in [4.69, 9.17) is 27.9 Å². The number of likely N-dealkylation sites (N-methyl/N-ethyl adjacent to an activating group) is 1. The number of hydrogen-bond acceptors (Lipinski definition) is 3. The summed E-state index contributed by atoms with van der Waals surface area (Å²) in [6.07, 6.45) is 0.781. The van der Waals surface area contributed by atoms with E-state index < -0.39 is 0 Å². The van der Waals surface area contributed by atoms with E-state index in [2.05, 4.69) is 34.2 Å². The predicted octanol–water partition coefficient (Wildman–Crippen LogP) is 5.72. The van der Waals surface area contributed by atoms with Crippen molar-refractivity contribution in [1.82, 2.24) is 5.32 Å². The van der Waals surface area contributed by atoms with Crippen LogP contribution < -0.4 is 10.1 Å². The van der Waals surface area contributed by atoms with Crippen molar-refractivity contribution in [1.29, 1.82) is 0 Å². The monoisotopic (exact) mass is 407 g/mol. The number of benzene rings is 1. The highest BCUT2D eigenvalue weighted by atomic mass is 79.9. The van der Waals surface area contributed by atoms with Crippen molar-refractivity contribution < 1.29 is 4.74 Å². The number of ether oxygens (including phenoxy) is 1. The van der Waals surface area contributed by atoms with Crippen LogP contribution >= 0.6 is 50.5 Å². The molecule has 0 aliphatic carbocycles. The molecule has 114 valence electrons. The molecule has 0 aliphatic rings. The molecule has 0 fully saturated rings. The van der Waals surface area contributed by atoms with Gasteiger partial charge in [0.2, 0.25) is 0 Å². The lowest BCUT2D eigenvalue weighted by molar-refractivity contribution is 0.405. The summed E-state index contributed by atoms with van der Waals surface area (Å²) in [7, 11) is 1.68. The summed E-state index contributed by atoms with van der Waals surface area (Å²) in [5.41, 5.74) is 2.16. The molecule has 0 saturated heterocycles. The lowest BCUT2D eigenvalue weighted by atomic mass is 10.0. The molecule has 1 heterocycles. The highest BCUT2D eigenvalue weighted by molar-refractivity contribution is 9.10. The van der Waals surface area contributed by atoms with E-state index >= 15 is 0 Å². The number of thiophene rings is 1. The van der Waals surface area contributed by atoms with Crippen LogP contribution in [0.4, 0.5) is 0 Å². The highest BCUT2D eigenvalue weighted by Gasteiger charge is 2.19. The van der Waals surface area contributed by atoms with Crippen molar-refractivity contribution in [2.75, 3.05) is 13.7 Å². The number of rotatable bonds is 6. The van der Waals surface area contributed by atoms with E-state index in [-0.39, 0.29) is 6.04 Å². The van der Waals surface area contributed by atoms with Crippen LogP contribution in [0.2, 0.25) is 8.67 Å². The summed E-state index contributed by atoms with van der Waals surface area (Å²) in [6.45, 7) is 2.93. The summed E-state index contributed by atoms with van der Waals surface area (Å²) in [4.78, 5) is 0. The third-order valence-electron chi connectivity index (χ3n) is 3.18. The van der Waals surface area contributed by atoms with Gasteiger partial charge in [0, 0.05) is 16.1 Å². The second kappa shape index (κ2) is 7.84. The first kappa shape index (κ1) is 17.1. The summed E-state index contributed by atoms with van der Waals surface area (Å²) in [5, 5.41) is 3.47. The zero-order valence-corrected chi connectivity index (χ0v) is 15.7. The predicted molar refractivity (Wildman–Crippen MR) is 95.2 cm³/mol. The van der Waals surface area contributed by atoms with Crippen LogP contribution in [0, 0.1) is 0 Å². The SMILES string of the molecule is CCNC(Cc1cc(Br)ccc1OC)c1cc(Cl)sc1Cl. The van der Waals surface area contributed by atoms with Crippen LogP contribution in [-0.2, 0) is 6.42 Å². The standard InChI is InChI=1S/C15H16BrCl2NOS/c1-3-19-12(11-8-14(17)21-15(11)18)7-9-6-10(16)4-5-13(9)20-2/h4-6,8,12,19H,3,7H2,1-2H3. The fourth-order valence-corrected chi connectivity index (χ4v) is 4.24. The molecule has 2 nitrogen and oxygen atoms in total. The molecule has 0 radical (unpaired) electrons. The molecule has 2 rings (SSSR count). The minimum Gasteiger partial charge on any atom is -0.496 e. The fraction of sp³-hybridized carbons (Fsp3) is 0.333. The normalized spacial score (nSPS) is 12.4. The Hall–Kier alpha value is -0.260. The Labute approximate surface area is 147 Å². The molecule has 0 amide bonds. The van der Waals surface area contributed by atoms with Gasteiger partial charge in [0.05, 0.1) is 15.8 Å². The lowest BCUT2D eigenvalue weighted by Crippen LogP contribution is -2.23. The number of halogens is 3. The molecule has 6 heteroatoms. The first-order valence-corrected chi connectivity index (χ1v) is 8.92. The maximum Gasteiger partial charge on any atom is 0.122 e. The zero-order valence-electron chi connectivity index (χ0n) is 11.8. The summed E-state index contributed by atoms with van der Waals surface area (Å²) >= 11 is 17.3. The van der Waals surface area contributed by atoms with Gasteiger partial charge in [-0.1, -0.05) is 46.1 Å². The maximum atomic E-state index is 6.30. The van der Waals surface area contributed by atoms with Gasteiger partial charge in [-0.05, 0) is 42.8 Å². The van der Waals surface area contributed by atoms with E-state index in [1.165, 1.54) is 11.3 Å². The lowest BCUT2D eigenvalue weighted by Gasteiger charge is -2.19. The molecule has 1 aromatic heterocycles. The Morgan fingerprint density at radius 2 is 2.10 bits per heavy atom. The molecule has 0 aliphatic heterocycles. The van der Waals surface area contributed by atoms with Crippen LogP contribution in [0.25, 0.3) is 0 Å². The third-order valence-corrected chi connectivity index (χ3v) is 5.19. The van der Waals surface area contributed by atoms with Crippen LogP contribution in [0.15, 0.2) is 28.7 Å². The van der Waals surface area contributed by atoms with Gasteiger partial charge in [0.25, 0.3) is 0 Å². The van der Waals surface area contributed by atoms with Crippen molar-refractivity contribution in [3.05, 3.63) is 48.5 Å². The van der Waals surface area contributed by atoms with Crippen LogP contribution in [0.3, 0.4) is 0 Å². The van der Waals surface area contributed by atoms with Gasteiger partial charge < -0.3 is 10.1 Å². The van der Waals surface area contributed by atoms with Crippen molar-refractivity contribution in [3.8, 4) is 5.75 Å². The van der Waals surface area contributed by atoms with Gasteiger partial charge in [0.1, 0.15) is 5.75 Å². The van der Waals surface area contributed by atoms with Crippen LogP contribution in [-0.4, -0.2) is 13.7 Å². The summed E-state index contributed by atoms with van der Waals surface area (Å²) in [5.74, 6) is 0.874. The topological polar surface area (TPSA) is 21.3 Å². The van der Waals surface area contributed by atoms with Crippen LogP contribution in [0.5, 0.6) is 5.75 Å². The van der Waals surface area contributed by atoms with Crippen molar-refractivity contribution in [3.63, 3.8) is 0 Å². The first-order valence-electron chi connectivity index (χ1n) is 6.55.